The van der Waals surface area contributed by atoms with Crippen LogP contribution in [0.25, 0.3) is 16.6 Å². The molecule has 0 aliphatic rings. The van der Waals surface area contributed by atoms with Crippen molar-refractivity contribution < 1.29 is 18.0 Å². The van der Waals surface area contributed by atoms with E-state index in [2.05, 4.69) is 4.98 Å². The molecule has 0 fully saturated rings. The number of fused-ring (bicyclic) bond motifs is 1. The van der Waals surface area contributed by atoms with Gasteiger partial charge < -0.3 is 9.88 Å². The average molecular weight is 421 g/mol. The van der Waals surface area contributed by atoms with Crippen molar-refractivity contribution in [3.63, 3.8) is 0 Å². The highest BCUT2D eigenvalue weighted by molar-refractivity contribution is 7.71. The zero-order valence-electron chi connectivity index (χ0n) is 15.7. The molecule has 0 aliphatic heterocycles. The Morgan fingerprint density at radius 2 is 1.83 bits per heavy atom. The minimum Gasteiger partial charge on any atom is -0.339 e. The fourth-order valence-corrected chi connectivity index (χ4v) is 3.40. The second-order valence-corrected chi connectivity index (χ2v) is 6.74. The molecule has 29 heavy (non-hydrogen) atoms. The van der Waals surface area contributed by atoms with Crippen LogP contribution in [0.3, 0.4) is 0 Å². The highest BCUT2D eigenvalue weighted by Crippen LogP contribution is 2.30. The molecule has 0 aliphatic carbocycles. The Kier molecular flexibility index (Phi) is 5.61. The molecule has 0 atom stereocenters. The summed E-state index contributed by atoms with van der Waals surface area (Å²) >= 11 is 5.22. The van der Waals surface area contributed by atoms with E-state index < -0.39 is 17.3 Å². The van der Waals surface area contributed by atoms with Crippen molar-refractivity contribution in [1.29, 1.82) is 0 Å². The van der Waals surface area contributed by atoms with Crippen LogP contribution in [-0.2, 0) is 6.18 Å². The van der Waals surface area contributed by atoms with E-state index >= 15 is 0 Å². The van der Waals surface area contributed by atoms with Gasteiger partial charge in [0, 0.05) is 18.7 Å². The van der Waals surface area contributed by atoms with E-state index in [1.165, 1.54) is 30.3 Å². The number of aromatic nitrogens is 2. The minimum absolute atomic E-state index is 0.0104. The number of rotatable bonds is 4. The van der Waals surface area contributed by atoms with E-state index in [1.807, 2.05) is 13.8 Å². The van der Waals surface area contributed by atoms with Gasteiger partial charge in [-0.1, -0.05) is 6.07 Å². The van der Waals surface area contributed by atoms with Crippen molar-refractivity contribution in [2.45, 2.75) is 20.0 Å². The molecule has 1 aromatic heterocycles. The smallest absolute Gasteiger partial charge is 0.339 e. The van der Waals surface area contributed by atoms with E-state index in [-0.39, 0.29) is 21.8 Å². The number of carbonyl (C=O) groups is 1. The van der Waals surface area contributed by atoms with Crippen LogP contribution in [0.1, 0.15) is 29.8 Å². The van der Waals surface area contributed by atoms with Gasteiger partial charge >= 0.3 is 6.18 Å². The Morgan fingerprint density at radius 3 is 2.45 bits per heavy atom. The van der Waals surface area contributed by atoms with Crippen molar-refractivity contribution in [3.8, 4) is 5.69 Å². The molecule has 0 bridgehead atoms. The van der Waals surface area contributed by atoms with Crippen LogP contribution in [0.5, 0.6) is 0 Å². The summed E-state index contributed by atoms with van der Waals surface area (Å²) in [6, 6.07) is 8.92. The molecular formula is C20H18F3N3O2S. The predicted molar refractivity (Wildman–Crippen MR) is 107 cm³/mol. The number of hydrogen-bond acceptors (Lipinski definition) is 3. The third kappa shape index (κ3) is 3.95. The molecule has 0 saturated carbocycles. The van der Waals surface area contributed by atoms with Gasteiger partial charge in [0.05, 0.1) is 22.2 Å². The average Bonchev–Trinajstić information content (AvgIpc) is 2.68. The molecule has 0 spiro atoms. The van der Waals surface area contributed by atoms with Crippen LogP contribution in [0.2, 0.25) is 0 Å². The molecule has 1 N–H and O–H groups in total. The summed E-state index contributed by atoms with van der Waals surface area (Å²) in [5.74, 6) is -0.182. The maximum atomic E-state index is 13.0. The summed E-state index contributed by atoms with van der Waals surface area (Å²) in [5, 5.41) is 0.215. The molecule has 0 unspecified atom stereocenters. The Bertz CT molecular complexity index is 1190. The summed E-state index contributed by atoms with van der Waals surface area (Å²) in [4.78, 5) is 30.0. The highest BCUT2D eigenvalue weighted by atomic mass is 32.1. The molecule has 1 heterocycles. The summed E-state index contributed by atoms with van der Waals surface area (Å²) in [6.45, 7) is 4.81. The van der Waals surface area contributed by atoms with Gasteiger partial charge in [0.1, 0.15) is 0 Å². The number of aromatic amines is 1. The maximum Gasteiger partial charge on any atom is 0.416 e. The standard InChI is InChI=1S/C20H18F3N3O2S/c1-3-25(4-2)17(27)12-8-9-15-16(10-12)24-19(29)26(18(15)28)14-7-5-6-13(11-14)20(21,22)23/h5-11H,3-4H2,1-2H3,(H,24,29). The number of hydrogen-bond donors (Lipinski definition) is 1. The zero-order chi connectivity index (χ0) is 21.3. The molecule has 1 amide bonds. The first-order chi connectivity index (χ1) is 13.7. The Labute approximate surface area is 169 Å². The lowest BCUT2D eigenvalue weighted by atomic mass is 10.1. The van der Waals surface area contributed by atoms with Gasteiger partial charge in [-0.2, -0.15) is 13.2 Å². The van der Waals surface area contributed by atoms with E-state index in [4.69, 9.17) is 12.2 Å². The second kappa shape index (κ2) is 7.82. The summed E-state index contributed by atoms with van der Waals surface area (Å²) in [5.41, 5.74) is -0.693. The van der Waals surface area contributed by atoms with Gasteiger partial charge in [-0.3, -0.25) is 14.2 Å². The number of nitrogens with one attached hydrogen (secondary N) is 1. The van der Waals surface area contributed by atoms with E-state index in [0.29, 0.717) is 24.2 Å². The number of amides is 1. The number of carbonyl (C=O) groups excluding carboxylic acids is 1. The summed E-state index contributed by atoms with van der Waals surface area (Å²) in [7, 11) is 0. The molecule has 3 aromatic rings. The Morgan fingerprint density at radius 1 is 1.14 bits per heavy atom. The molecule has 9 heteroatoms. The fraction of sp³-hybridized carbons (Fsp3) is 0.250. The van der Waals surface area contributed by atoms with Crippen LogP contribution in [-0.4, -0.2) is 33.4 Å². The van der Waals surface area contributed by atoms with Crippen molar-refractivity contribution in [1.82, 2.24) is 14.5 Å². The quantitative estimate of drug-likeness (QED) is 0.629. The van der Waals surface area contributed by atoms with Gasteiger partial charge in [0.15, 0.2) is 4.77 Å². The van der Waals surface area contributed by atoms with Crippen LogP contribution in [0.4, 0.5) is 13.2 Å². The number of benzene rings is 2. The van der Waals surface area contributed by atoms with Gasteiger partial charge in [-0.05, 0) is 62.5 Å². The van der Waals surface area contributed by atoms with E-state index in [1.54, 1.807) is 4.90 Å². The lowest BCUT2D eigenvalue weighted by Gasteiger charge is -2.18. The number of alkyl halides is 3. The monoisotopic (exact) mass is 421 g/mol. The Balaban J connectivity index is 2.16. The number of halogens is 3. The van der Waals surface area contributed by atoms with Gasteiger partial charge in [-0.25, -0.2) is 0 Å². The van der Waals surface area contributed by atoms with Crippen LogP contribution in [0, 0.1) is 4.77 Å². The van der Waals surface area contributed by atoms with Crippen LogP contribution >= 0.6 is 12.2 Å². The largest absolute Gasteiger partial charge is 0.416 e. The number of nitrogens with zero attached hydrogens (tertiary/aromatic N) is 2. The van der Waals surface area contributed by atoms with Gasteiger partial charge in [0.25, 0.3) is 11.5 Å². The summed E-state index contributed by atoms with van der Waals surface area (Å²) in [6.07, 6.45) is -4.54. The third-order valence-electron chi connectivity index (χ3n) is 4.63. The first-order valence-electron chi connectivity index (χ1n) is 8.93. The molecule has 3 rings (SSSR count). The summed E-state index contributed by atoms with van der Waals surface area (Å²) < 4.78 is 40.0. The first kappa shape index (κ1) is 20.8. The Hall–Kier alpha value is -2.94. The molecule has 0 saturated heterocycles. The molecular weight excluding hydrogens is 403 g/mol. The van der Waals surface area contributed by atoms with E-state index in [9.17, 15) is 22.8 Å². The highest BCUT2D eigenvalue weighted by Gasteiger charge is 2.30. The van der Waals surface area contributed by atoms with E-state index in [0.717, 1.165) is 16.7 Å². The SMILES string of the molecule is CCN(CC)C(=O)c1ccc2c(=O)n(-c3cccc(C(F)(F)F)c3)c(=S)[nH]c2c1. The number of H-pyrrole nitrogens is 1. The lowest BCUT2D eigenvalue weighted by Crippen LogP contribution is -2.30. The maximum absolute atomic E-state index is 13.0. The third-order valence-corrected chi connectivity index (χ3v) is 4.91. The van der Waals surface area contributed by atoms with Gasteiger partial charge in [-0.15, -0.1) is 0 Å². The second-order valence-electron chi connectivity index (χ2n) is 6.36. The molecule has 5 nitrogen and oxygen atoms in total. The van der Waals surface area contributed by atoms with Crippen molar-refractivity contribution in [3.05, 3.63) is 68.7 Å². The van der Waals surface area contributed by atoms with Crippen LogP contribution in [0.15, 0.2) is 47.3 Å². The first-order valence-corrected chi connectivity index (χ1v) is 9.34. The molecule has 2 aromatic carbocycles. The van der Waals surface area contributed by atoms with Crippen LogP contribution < -0.4 is 5.56 Å². The van der Waals surface area contributed by atoms with Crippen molar-refractivity contribution in [2.75, 3.05) is 13.1 Å². The lowest BCUT2D eigenvalue weighted by molar-refractivity contribution is -0.137. The zero-order valence-corrected chi connectivity index (χ0v) is 16.5. The topological polar surface area (TPSA) is 58.1 Å². The van der Waals surface area contributed by atoms with Crippen molar-refractivity contribution in [2.24, 2.45) is 0 Å². The molecule has 152 valence electrons. The molecule has 0 radical (unpaired) electrons. The predicted octanol–water partition coefficient (Wildman–Crippen LogP) is 4.55. The minimum atomic E-state index is -4.54. The van der Waals surface area contributed by atoms with Gasteiger partial charge in [0.2, 0.25) is 0 Å². The van der Waals surface area contributed by atoms with Crippen molar-refractivity contribution >= 4 is 29.0 Å². The normalized spacial score (nSPS) is 11.6. The fourth-order valence-electron chi connectivity index (χ4n) is 3.10.